The minimum absolute atomic E-state index is 0. The first kappa shape index (κ1) is 13.6. The molecular weight excluding hydrogens is 304 g/mol. The lowest BCUT2D eigenvalue weighted by Crippen LogP contribution is -2.11. The Labute approximate surface area is 113 Å². The van der Waals surface area contributed by atoms with Crippen LogP contribution >= 0.6 is 28.3 Å². The molecule has 0 bridgehead atoms. The van der Waals surface area contributed by atoms with Gasteiger partial charge in [-0.15, -0.1) is 12.4 Å². The number of nitrogens with two attached hydrogens (primary N) is 1. The van der Waals surface area contributed by atoms with Crippen molar-refractivity contribution in [2.75, 3.05) is 0 Å². The molecule has 4 nitrogen and oxygen atoms in total. The van der Waals surface area contributed by atoms with E-state index in [1.54, 1.807) is 12.4 Å². The van der Waals surface area contributed by atoms with Crippen LogP contribution in [-0.2, 0) is 0 Å². The third kappa shape index (κ3) is 3.25. The van der Waals surface area contributed by atoms with E-state index >= 15 is 0 Å². The number of rotatable bonds is 2. The Bertz CT molecular complexity index is 510. The van der Waals surface area contributed by atoms with Crippen LogP contribution in [0.2, 0.25) is 0 Å². The Morgan fingerprint density at radius 2 is 1.65 bits per heavy atom. The van der Waals surface area contributed by atoms with Gasteiger partial charge in [0.05, 0.1) is 5.56 Å². The maximum atomic E-state index is 7.23. The van der Waals surface area contributed by atoms with E-state index in [-0.39, 0.29) is 18.2 Å². The van der Waals surface area contributed by atoms with Crippen molar-refractivity contribution in [3.05, 3.63) is 46.7 Å². The molecule has 88 valence electrons. The molecule has 6 heteroatoms. The van der Waals surface area contributed by atoms with Crippen molar-refractivity contribution in [3.63, 3.8) is 0 Å². The first-order chi connectivity index (χ1) is 7.66. The van der Waals surface area contributed by atoms with E-state index in [4.69, 9.17) is 11.1 Å². The summed E-state index contributed by atoms with van der Waals surface area (Å²) >= 11 is 3.36. The average molecular weight is 314 g/mol. The summed E-state index contributed by atoms with van der Waals surface area (Å²) in [6.45, 7) is 0. The van der Waals surface area contributed by atoms with E-state index in [0.29, 0.717) is 11.4 Å². The fraction of sp³-hybridized carbons (Fsp3) is 0. The van der Waals surface area contributed by atoms with Gasteiger partial charge in [0, 0.05) is 22.4 Å². The van der Waals surface area contributed by atoms with Gasteiger partial charge in [-0.25, -0.2) is 9.97 Å². The van der Waals surface area contributed by atoms with E-state index in [9.17, 15) is 0 Å². The molecule has 0 aliphatic carbocycles. The zero-order valence-corrected chi connectivity index (χ0v) is 11.1. The second-order valence-electron chi connectivity index (χ2n) is 3.22. The van der Waals surface area contributed by atoms with Gasteiger partial charge in [0.25, 0.3) is 0 Å². The Morgan fingerprint density at radius 3 is 2.12 bits per heavy atom. The maximum absolute atomic E-state index is 7.23. The molecule has 0 saturated heterocycles. The van der Waals surface area contributed by atoms with Crippen molar-refractivity contribution in [1.29, 1.82) is 5.41 Å². The largest absolute Gasteiger partial charge is 0.384 e. The third-order valence-electron chi connectivity index (χ3n) is 2.07. The fourth-order valence-corrected chi connectivity index (χ4v) is 1.48. The number of hydrogen-bond acceptors (Lipinski definition) is 3. The Balaban J connectivity index is 0.00000144. The van der Waals surface area contributed by atoms with Gasteiger partial charge in [0.1, 0.15) is 5.84 Å². The first-order valence-corrected chi connectivity index (χ1v) is 5.38. The summed E-state index contributed by atoms with van der Waals surface area (Å²) in [6, 6.07) is 7.70. The van der Waals surface area contributed by atoms with Crippen LogP contribution in [0.3, 0.4) is 0 Å². The van der Waals surface area contributed by atoms with E-state index in [1.165, 1.54) is 0 Å². The number of halogens is 2. The third-order valence-corrected chi connectivity index (χ3v) is 2.59. The van der Waals surface area contributed by atoms with Crippen LogP contribution < -0.4 is 5.73 Å². The molecular formula is C11H10BrClN4. The van der Waals surface area contributed by atoms with Gasteiger partial charge in [-0.3, -0.25) is 5.41 Å². The van der Waals surface area contributed by atoms with Crippen LogP contribution in [0, 0.1) is 5.41 Å². The van der Waals surface area contributed by atoms with Gasteiger partial charge < -0.3 is 5.73 Å². The summed E-state index contributed by atoms with van der Waals surface area (Å²) in [5.74, 6) is 0.597. The lowest BCUT2D eigenvalue weighted by molar-refractivity contribution is 1.16. The molecule has 0 saturated carbocycles. The van der Waals surface area contributed by atoms with Crippen LogP contribution in [0.4, 0.5) is 0 Å². The first-order valence-electron chi connectivity index (χ1n) is 4.59. The number of nitrogens with zero attached hydrogens (tertiary/aromatic N) is 2. The molecule has 0 aliphatic heterocycles. The topological polar surface area (TPSA) is 75.7 Å². The van der Waals surface area contributed by atoms with E-state index < -0.39 is 0 Å². The Hall–Kier alpha value is -1.46. The number of nitrogens with one attached hydrogen (secondary N) is 1. The normalized spacial score (nSPS) is 9.47. The number of nitrogen functional groups attached to an aromatic ring is 1. The van der Waals surface area contributed by atoms with Crippen LogP contribution in [0.25, 0.3) is 11.4 Å². The van der Waals surface area contributed by atoms with Crippen molar-refractivity contribution in [2.45, 2.75) is 0 Å². The van der Waals surface area contributed by atoms with Gasteiger partial charge >= 0.3 is 0 Å². The number of hydrogen-bond donors (Lipinski definition) is 2. The standard InChI is InChI=1S/C11H9BrN4.ClH/c12-9-3-1-7(2-4-9)11-15-5-8(6-16-11)10(13)14;/h1-6H,(H3,13,14);1H. The minimum Gasteiger partial charge on any atom is -0.384 e. The smallest absolute Gasteiger partial charge is 0.159 e. The van der Waals surface area contributed by atoms with Gasteiger partial charge in [-0.1, -0.05) is 28.1 Å². The lowest BCUT2D eigenvalue weighted by atomic mass is 10.2. The highest BCUT2D eigenvalue weighted by atomic mass is 79.9. The lowest BCUT2D eigenvalue weighted by Gasteiger charge is -2.01. The summed E-state index contributed by atoms with van der Waals surface area (Å²) in [4.78, 5) is 8.31. The molecule has 2 rings (SSSR count). The Morgan fingerprint density at radius 1 is 1.12 bits per heavy atom. The molecule has 1 aromatic heterocycles. The molecule has 1 heterocycles. The van der Waals surface area contributed by atoms with Crippen molar-refractivity contribution in [2.24, 2.45) is 5.73 Å². The molecule has 1 aromatic carbocycles. The summed E-state index contributed by atoms with van der Waals surface area (Å²) in [5, 5.41) is 7.23. The predicted molar refractivity (Wildman–Crippen MR) is 73.4 cm³/mol. The van der Waals surface area contributed by atoms with Crippen LogP contribution in [0.1, 0.15) is 5.56 Å². The fourth-order valence-electron chi connectivity index (χ4n) is 1.22. The monoisotopic (exact) mass is 312 g/mol. The molecule has 3 N–H and O–H groups in total. The average Bonchev–Trinajstić information content (AvgIpc) is 2.30. The van der Waals surface area contributed by atoms with Crippen molar-refractivity contribution >= 4 is 34.2 Å². The molecule has 17 heavy (non-hydrogen) atoms. The van der Waals surface area contributed by atoms with E-state index in [2.05, 4.69) is 25.9 Å². The highest BCUT2D eigenvalue weighted by Gasteiger charge is 2.02. The number of amidine groups is 1. The van der Waals surface area contributed by atoms with Crippen LogP contribution in [0.15, 0.2) is 41.1 Å². The molecule has 2 aromatic rings. The highest BCUT2D eigenvalue weighted by molar-refractivity contribution is 9.10. The predicted octanol–water partition coefficient (Wildman–Crippen LogP) is 2.61. The summed E-state index contributed by atoms with van der Waals surface area (Å²) < 4.78 is 1.01. The molecule has 0 fully saturated rings. The molecule has 0 amide bonds. The molecule has 0 unspecified atom stereocenters. The van der Waals surface area contributed by atoms with Gasteiger partial charge in [0.15, 0.2) is 5.82 Å². The number of benzene rings is 1. The molecule has 0 atom stereocenters. The van der Waals surface area contributed by atoms with Gasteiger partial charge in [-0.2, -0.15) is 0 Å². The second-order valence-corrected chi connectivity index (χ2v) is 4.13. The summed E-state index contributed by atoms with van der Waals surface area (Å²) in [5.41, 5.74) is 6.78. The Kier molecular flexibility index (Phi) is 4.60. The van der Waals surface area contributed by atoms with Crippen molar-refractivity contribution < 1.29 is 0 Å². The number of aromatic nitrogens is 2. The minimum atomic E-state index is -0.0256. The van der Waals surface area contributed by atoms with Crippen LogP contribution in [0.5, 0.6) is 0 Å². The van der Waals surface area contributed by atoms with E-state index in [1.807, 2.05) is 24.3 Å². The van der Waals surface area contributed by atoms with Gasteiger partial charge in [-0.05, 0) is 12.1 Å². The van der Waals surface area contributed by atoms with E-state index in [0.717, 1.165) is 10.0 Å². The van der Waals surface area contributed by atoms with Crippen LogP contribution in [-0.4, -0.2) is 15.8 Å². The van der Waals surface area contributed by atoms with Gasteiger partial charge in [0.2, 0.25) is 0 Å². The summed E-state index contributed by atoms with van der Waals surface area (Å²) in [6.07, 6.45) is 3.10. The zero-order chi connectivity index (χ0) is 11.5. The molecule has 0 radical (unpaired) electrons. The highest BCUT2D eigenvalue weighted by Crippen LogP contribution is 2.17. The SMILES string of the molecule is Cl.N=C(N)c1cnc(-c2ccc(Br)cc2)nc1. The van der Waals surface area contributed by atoms with Crippen molar-refractivity contribution in [1.82, 2.24) is 9.97 Å². The quantitative estimate of drug-likeness (QED) is 0.661. The maximum Gasteiger partial charge on any atom is 0.159 e. The van der Waals surface area contributed by atoms with Crippen molar-refractivity contribution in [3.8, 4) is 11.4 Å². The second kappa shape index (κ2) is 5.75. The molecule has 0 spiro atoms. The zero-order valence-electron chi connectivity index (χ0n) is 8.72. The summed E-state index contributed by atoms with van der Waals surface area (Å²) in [7, 11) is 0. The molecule has 0 aliphatic rings.